The van der Waals surface area contributed by atoms with Crippen LogP contribution in [0.4, 0.5) is 5.69 Å². The molecule has 1 aliphatic carbocycles. The van der Waals surface area contributed by atoms with E-state index in [1.54, 1.807) is 11.3 Å². The molecule has 2 aromatic heterocycles. The van der Waals surface area contributed by atoms with Gasteiger partial charge in [-0.1, -0.05) is 25.0 Å². The first-order valence-electron chi connectivity index (χ1n) is 8.24. The molecule has 0 aliphatic heterocycles. The van der Waals surface area contributed by atoms with Gasteiger partial charge in [-0.05, 0) is 25.0 Å². The second kappa shape index (κ2) is 7.15. The summed E-state index contributed by atoms with van der Waals surface area (Å²) in [6.45, 7) is 0.419. The van der Waals surface area contributed by atoms with Crippen LogP contribution in [0.5, 0.6) is 0 Å². The van der Waals surface area contributed by atoms with Crippen molar-refractivity contribution in [3.63, 3.8) is 0 Å². The number of thiazole rings is 1. The van der Waals surface area contributed by atoms with Crippen molar-refractivity contribution in [1.82, 2.24) is 9.38 Å². The van der Waals surface area contributed by atoms with E-state index in [-0.39, 0.29) is 23.7 Å². The average Bonchev–Trinajstić information content (AvgIpc) is 3.31. The zero-order valence-electron chi connectivity index (χ0n) is 13.8. The van der Waals surface area contributed by atoms with E-state index in [4.69, 9.17) is 5.73 Å². The Hall–Kier alpha value is -1.89. The van der Waals surface area contributed by atoms with E-state index in [1.807, 2.05) is 46.4 Å². The van der Waals surface area contributed by atoms with E-state index in [1.165, 1.54) is 0 Å². The van der Waals surface area contributed by atoms with Crippen molar-refractivity contribution in [2.75, 3.05) is 11.9 Å². The van der Waals surface area contributed by atoms with E-state index in [9.17, 15) is 4.79 Å². The number of fused-ring (bicyclic) bond motifs is 1. The Morgan fingerprint density at radius 2 is 2.00 bits per heavy atom. The highest BCUT2D eigenvalue weighted by atomic mass is 35.5. The zero-order valence-corrected chi connectivity index (χ0v) is 15.4. The molecule has 0 unspecified atom stereocenters. The number of nitrogens with two attached hydrogens (primary N) is 1. The molecule has 0 atom stereocenters. The molecular weight excluding hydrogens is 356 g/mol. The first-order chi connectivity index (χ1) is 11.7. The number of amides is 1. The van der Waals surface area contributed by atoms with Gasteiger partial charge < -0.3 is 11.1 Å². The first-order valence-corrected chi connectivity index (χ1v) is 9.12. The molecule has 7 heteroatoms. The van der Waals surface area contributed by atoms with Gasteiger partial charge in [0.15, 0.2) is 4.96 Å². The Bertz CT molecular complexity index is 836. The predicted octanol–water partition coefficient (Wildman–Crippen LogP) is 3.94. The number of carbonyl (C=O) groups excluding carboxylic acids is 1. The molecule has 1 fully saturated rings. The minimum Gasteiger partial charge on any atom is -0.329 e. The van der Waals surface area contributed by atoms with Crippen molar-refractivity contribution in [1.29, 1.82) is 0 Å². The fraction of sp³-hybridized carbons (Fsp3) is 0.333. The maximum absolute atomic E-state index is 12.6. The van der Waals surface area contributed by atoms with Crippen LogP contribution in [-0.2, 0) is 4.79 Å². The lowest BCUT2D eigenvalue weighted by Crippen LogP contribution is -2.40. The monoisotopic (exact) mass is 376 g/mol. The average molecular weight is 377 g/mol. The highest BCUT2D eigenvalue weighted by Gasteiger charge is 2.39. The van der Waals surface area contributed by atoms with Crippen LogP contribution in [0.2, 0.25) is 0 Å². The van der Waals surface area contributed by atoms with Crippen molar-refractivity contribution < 1.29 is 4.79 Å². The molecule has 3 N–H and O–H groups in total. The molecule has 4 rings (SSSR count). The third-order valence-electron chi connectivity index (χ3n) is 4.96. The van der Waals surface area contributed by atoms with Crippen molar-refractivity contribution in [3.05, 3.63) is 42.0 Å². The predicted molar refractivity (Wildman–Crippen MR) is 104 cm³/mol. The van der Waals surface area contributed by atoms with Gasteiger partial charge in [0, 0.05) is 35.6 Å². The molecule has 0 spiro atoms. The molecule has 2 heterocycles. The number of aromatic nitrogens is 2. The molecule has 5 nitrogen and oxygen atoms in total. The molecule has 0 radical (unpaired) electrons. The Morgan fingerprint density at radius 3 is 2.64 bits per heavy atom. The molecule has 0 saturated heterocycles. The first kappa shape index (κ1) is 17.9. The molecule has 1 aromatic carbocycles. The lowest BCUT2D eigenvalue weighted by atomic mass is 9.85. The van der Waals surface area contributed by atoms with Gasteiger partial charge in [-0.3, -0.25) is 9.20 Å². The van der Waals surface area contributed by atoms with E-state index in [0.717, 1.165) is 47.6 Å². The normalized spacial score (nSPS) is 15.9. The summed E-state index contributed by atoms with van der Waals surface area (Å²) in [5.41, 5.74) is 8.29. The van der Waals surface area contributed by atoms with Crippen molar-refractivity contribution >= 4 is 40.3 Å². The van der Waals surface area contributed by atoms with Gasteiger partial charge in [-0.25, -0.2) is 4.98 Å². The summed E-state index contributed by atoms with van der Waals surface area (Å²) in [7, 11) is 0. The Kier molecular flexibility index (Phi) is 5.13. The molecule has 3 aromatic rings. The molecule has 0 bridgehead atoms. The number of carbonyl (C=O) groups is 1. The van der Waals surface area contributed by atoms with Gasteiger partial charge in [-0.2, -0.15) is 0 Å². The van der Waals surface area contributed by atoms with Crippen molar-refractivity contribution in [2.45, 2.75) is 25.7 Å². The number of halogens is 1. The lowest BCUT2D eigenvalue weighted by molar-refractivity contribution is -0.124. The maximum Gasteiger partial charge on any atom is 0.231 e. The fourth-order valence-electron chi connectivity index (χ4n) is 3.43. The van der Waals surface area contributed by atoms with Crippen molar-refractivity contribution in [3.8, 4) is 11.3 Å². The minimum atomic E-state index is -0.382. The number of hydrogen-bond acceptors (Lipinski definition) is 4. The minimum absolute atomic E-state index is 0. The van der Waals surface area contributed by atoms with Gasteiger partial charge in [0.1, 0.15) is 0 Å². The van der Waals surface area contributed by atoms with E-state index in [0.29, 0.717) is 6.54 Å². The standard InChI is InChI=1S/C18H20N4OS.ClH/c19-12-18(7-1-2-8-18)16(23)20-14-5-3-13(4-6-14)15-11-22-9-10-24-17(22)21-15;/h3-6,9-11H,1-2,7-8,12,19H2,(H,20,23);1H. The summed E-state index contributed by atoms with van der Waals surface area (Å²) in [6.07, 6.45) is 7.96. The Balaban J connectivity index is 0.00000182. The molecule has 132 valence electrons. The van der Waals surface area contributed by atoms with Crippen LogP contribution < -0.4 is 11.1 Å². The molecule has 1 amide bonds. The number of anilines is 1. The van der Waals surface area contributed by atoms with Crippen LogP contribution in [-0.4, -0.2) is 21.8 Å². The summed E-state index contributed by atoms with van der Waals surface area (Å²) in [5.74, 6) is 0.0535. The summed E-state index contributed by atoms with van der Waals surface area (Å²) in [5, 5.41) is 5.05. The fourth-order valence-corrected chi connectivity index (χ4v) is 4.13. The summed E-state index contributed by atoms with van der Waals surface area (Å²) >= 11 is 1.61. The Labute approximate surface area is 156 Å². The van der Waals surface area contributed by atoms with Crippen LogP contribution in [0.15, 0.2) is 42.0 Å². The quantitative estimate of drug-likeness (QED) is 0.724. The van der Waals surface area contributed by atoms with E-state index in [2.05, 4.69) is 10.3 Å². The number of nitrogens with one attached hydrogen (secondary N) is 1. The van der Waals surface area contributed by atoms with Gasteiger partial charge in [0.05, 0.1) is 11.1 Å². The highest BCUT2D eigenvalue weighted by molar-refractivity contribution is 7.15. The third-order valence-corrected chi connectivity index (χ3v) is 5.74. The summed E-state index contributed by atoms with van der Waals surface area (Å²) in [6, 6.07) is 7.84. The van der Waals surface area contributed by atoms with Crippen LogP contribution in [0.25, 0.3) is 16.2 Å². The van der Waals surface area contributed by atoms with Crippen LogP contribution in [0.1, 0.15) is 25.7 Å². The second-order valence-electron chi connectivity index (χ2n) is 6.44. The number of nitrogens with zero attached hydrogens (tertiary/aromatic N) is 2. The highest BCUT2D eigenvalue weighted by Crippen LogP contribution is 2.38. The van der Waals surface area contributed by atoms with Gasteiger partial charge in [0.25, 0.3) is 0 Å². The topological polar surface area (TPSA) is 72.4 Å². The van der Waals surface area contributed by atoms with Crippen LogP contribution in [0.3, 0.4) is 0 Å². The SMILES string of the molecule is Cl.NCC1(C(=O)Nc2ccc(-c3cn4ccsc4n3)cc2)CCCC1. The molecule has 1 aliphatic rings. The second-order valence-corrected chi connectivity index (χ2v) is 7.32. The van der Waals surface area contributed by atoms with Gasteiger partial charge in [-0.15, -0.1) is 23.7 Å². The van der Waals surface area contributed by atoms with E-state index < -0.39 is 0 Å². The van der Waals surface area contributed by atoms with E-state index >= 15 is 0 Å². The summed E-state index contributed by atoms with van der Waals surface area (Å²) < 4.78 is 2.01. The number of hydrogen-bond donors (Lipinski definition) is 2. The molecule has 1 saturated carbocycles. The third kappa shape index (κ3) is 3.29. The molecular formula is C18H21ClN4OS. The van der Waals surface area contributed by atoms with Gasteiger partial charge in [0.2, 0.25) is 5.91 Å². The zero-order chi connectivity index (χ0) is 16.6. The number of benzene rings is 1. The summed E-state index contributed by atoms with van der Waals surface area (Å²) in [4.78, 5) is 18.2. The van der Waals surface area contributed by atoms with Gasteiger partial charge >= 0.3 is 0 Å². The Morgan fingerprint density at radius 1 is 1.28 bits per heavy atom. The maximum atomic E-state index is 12.6. The number of rotatable bonds is 4. The van der Waals surface area contributed by atoms with Crippen LogP contribution >= 0.6 is 23.7 Å². The smallest absolute Gasteiger partial charge is 0.231 e. The number of imidazole rings is 1. The van der Waals surface area contributed by atoms with Crippen LogP contribution in [0, 0.1) is 5.41 Å². The lowest BCUT2D eigenvalue weighted by Gasteiger charge is -2.25. The van der Waals surface area contributed by atoms with Crippen molar-refractivity contribution in [2.24, 2.45) is 11.1 Å². The molecule has 25 heavy (non-hydrogen) atoms. The largest absolute Gasteiger partial charge is 0.329 e.